The van der Waals surface area contributed by atoms with E-state index >= 15 is 0 Å². The molecule has 6 nitrogen and oxygen atoms in total. The Hall–Kier alpha value is -6.66. The number of hydrogen-bond donors (Lipinski definition) is 0. The first-order chi connectivity index (χ1) is 23.8. The van der Waals surface area contributed by atoms with Crippen molar-refractivity contribution < 1.29 is 8.83 Å². The van der Waals surface area contributed by atoms with Crippen molar-refractivity contribution in [2.45, 2.75) is 0 Å². The second-order valence-electron chi connectivity index (χ2n) is 11.9. The molecule has 0 radical (unpaired) electrons. The molecule has 0 aliphatic heterocycles. The van der Waals surface area contributed by atoms with Crippen LogP contribution in [0.5, 0.6) is 0 Å². The van der Waals surface area contributed by atoms with Gasteiger partial charge in [-0.3, -0.25) is 4.98 Å². The van der Waals surface area contributed by atoms with E-state index in [9.17, 15) is 0 Å². The highest BCUT2D eigenvalue weighted by molar-refractivity contribution is 6.18. The molecule has 0 N–H and O–H groups in total. The van der Waals surface area contributed by atoms with Gasteiger partial charge in [-0.2, -0.15) is 0 Å². The van der Waals surface area contributed by atoms with Crippen molar-refractivity contribution in [2.75, 3.05) is 0 Å². The molecule has 0 amide bonds. The third kappa shape index (κ3) is 4.13. The monoisotopic (exact) mass is 616 g/mol. The van der Waals surface area contributed by atoms with E-state index in [0.717, 1.165) is 71.5 Å². The summed E-state index contributed by atoms with van der Waals surface area (Å²) in [4.78, 5) is 19.4. The van der Waals surface area contributed by atoms with Crippen LogP contribution in [0.2, 0.25) is 0 Å². The Morgan fingerprint density at radius 3 is 1.65 bits per heavy atom. The maximum absolute atomic E-state index is 6.64. The number of aromatic nitrogens is 4. The Morgan fingerprint density at radius 2 is 0.958 bits per heavy atom. The number of nitrogens with zero attached hydrogens (tertiary/aromatic N) is 4. The van der Waals surface area contributed by atoms with Gasteiger partial charge in [-0.05, 0) is 22.9 Å². The second kappa shape index (κ2) is 10.4. The Bertz CT molecular complexity index is 2780. The van der Waals surface area contributed by atoms with E-state index in [-0.39, 0.29) is 0 Å². The molecule has 4 heterocycles. The van der Waals surface area contributed by atoms with Gasteiger partial charge in [0, 0.05) is 55.6 Å². The molecule has 0 bridgehead atoms. The van der Waals surface area contributed by atoms with Gasteiger partial charge in [-0.15, -0.1) is 0 Å². The second-order valence-corrected chi connectivity index (χ2v) is 11.9. The van der Waals surface area contributed by atoms with Crippen LogP contribution in [0, 0.1) is 0 Å². The van der Waals surface area contributed by atoms with Gasteiger partial charge in [0.1, 0.15) is 16.7 Å². The third-order valence-corrected chi connectivity index (χ3v) is 9.00. The van der Waals surface area contributed by atoms with Gasteiger partial charge in [0.25, 0.3) is 0 Å². The topological polar surface area (TPSA) is 77.8 Å². The highest BCUT2D eigenvalue weighted by atomic mass is 16.3. The van der Waals surface area contributed by atoms with E-state index in [1.807, 2.05) is 66.9 Å². The van der Waals surface area contributed by atoms with Crippen LogP contribution in [-0.2, 0) is 0 Å². The molecule has 0 aliphatic rings. The van der Waals surface area contributed by atoms with Crippen LogP contribution in [0.15, 0.2) is 155 Å². The highest BCUT2D eigenvalue weighted by Crippen LogP contribution is 2.43. The Labute approximate surface area is 274 Å². The van der Waals surface area contributed by atoms with Crippen molar-refractivity contribution in [2.24, 2.45) is 0 Å². The zero-order chi connectivity index (χ0) is 31.6. The highest BCUT2D eigenvalue weighted by Gasteiger charge is 2.21. The van der Waals surface area contributed by atoms with Gasteiger partial charge in [-0.25, -0.2) is 15.0 Å². The molecule has 0 saturated carbocycles. The number of furan rings is 2. The molecule has 48 heavy (non-hydrogen) atoms. The number of fused-ring (bicyclic) bond motifs is 7. The van der Waals surface area contributed by atoms with Crippen molar-refractivity contribution in [3.8, 4) is 45.3 Å². The standard InChI is InChI=1S/C42H24N4O2/c1-3-11-25(12-4-1)40-44-41(26-13-5-2-6-14-26)46-42(45-40)34-23-43-24-36-37(34)32-20-10-18-30(39(32)48-36)29-17-9-19-31-33-21-27-15-7-8-16-28(27)22-35(33)47-38(29)31/h1-24H. The van der Waals surface area contributed by atoms with E-state index in [4.69, 9.17) is 23.8 Å². The van der Waals surface area contributed by atoms with Gasteiger partial charge in [-0.1, -0.05) is 121 Å². The fourth-order valence-corrected chi connectivity index (χ4v) is 6.76. The van der Waals surface area contributed by atoms with Gasteiger partial charge < -0.3 is 8.83 Å². The summed E-state index contributed by atoms with van der Waals surface area (Å²) < 4.78 is 13.2. The summed E-state index contributed by atoms with van der Waals surface area (Å²) in [6, 6.07) is 45.2. The Kier molecular flexibility index (Phi) is 5.77. The van der Waals surface area contributed by atoms with Crippen molar-refractivity contribution >= 4 is 54.6 Å². The molecule has 10 aromatic rings. The fourth-order valence-electron chi connectivity index (χ4n) is 6.76. The van der Waals surface area contributed by atoms with E-state index in [1.54, 1.807) is 6.20 Å². The van der Waals surface area contributed by atoms with Gasteiger partial charge in [0.15, 0.2) is 23.1 Å². The lowest BCUT2D eigenvalue weighted by Crippen LogP contribution is -2.00. The predicted molar refractivity (Wildman–Crippen MR) is 191 cm³/mol. The Morgan fingerprint density at radius 1 is 0.396 bits per heavy atom. The largest absolute Gasteiger partial charge is 0.455 e. The first kappa shape index (κ1) is 26.5. The predicted octanol–water partition coefficient (Wildman–Crippen LogP) is 10.9. The molecular weight excluding hydrogens is 592 g/mol. The van der Waals surface area contributed by atoms with Crippen molar-refractivity contribution in [3.05, 3.63) is 146 Å². The normalized spacial score (nSPS) is 11.8. The lowest BCUT2D eigenvalue weighted by Gasteiger charge is -2.09. The summed E-state index contributed by atoms with van der Waals surface area (Å²) in [6.45, 7) is 0. The van der Waals surface area contributed by atoms with Crippen molar-refractivity contribution in [3.63, 3.8) is 0 Å². The number of para-hydroxylation sites is 2. The van der Waals surface area contributed by atoms with Crippen LogP contribution in [-0.4, -0.2) is 19.9 Å². The lowest BCUT2D eigenvalue weighted by molar-refractivity contribution is 0.664. The summed E-state index contributed by atoms with van der Waals surface area (Å²) in [7, 11) is 0. The average molecular weight is 617 g/mol. The van der Waals surface area contributed by atoms with E-state index in [0.29, 0.717) is 23.1 Å². The maximum atomic E-state index is 6.64. The number of pyridine rings is 1. The summed E-state index contributed by atoms with van der Waals surface area (Å²) in [5.41, 5.74) is 7.58. The summed E-state index contributed by atoms with van der Waals surface area (Å²) in [5, 5.41) is 6.33. The average Bonchev–Trinajstić information content (AvgIpc) is 3.72. The summed E-state index contributed by atoms with van der Waals surface area (Å²) in [6.07, 6.45) is 3.57. The molecule has 0 spiro atoms. The van der Waals surface area contributed by atoms with Crippen molar-refractivity contribution in [1.29, 1.82) is 0 Å². The molecule has 6 aromatic carbocycles. The molecule has 10 rings (SSSR count). The van der Waals surface area contributed by atoms with E-state index < -0.39 is 0 Å². The minimum Gasteiger partial charge on any atom is -0.455 e. The Balaban J connectivity index is 1.20. The molecule has 0 atom stereocenters. The van der Waals surface area contributed by atoms with Crippen LogP contribution in [0.3, 0.4) is 0 Å². The molecule has 0 unspecified atom stereocenters. The minimum absolute atomic E-state index is 0.528. The smallest absolute Gasteiger partial charge is 0.166 e. The van der Waals surface area contributed by atoms with E-state index in [1.165, 1.54) is 5.39 Å². The quantitative estimate of drug-likeness (QED) is 0.196. The van der Waals surface area contributed by atoms with Gasteiger partial charge in [0.05, 0.1) is 6.20 Å². The minimum atomic E-state index is 0.528. The van der Waals surface area contributed by atoms with Crippen LogP contribution < -0.4 is 0 Å². The van der Waals surface area contributed by atoms with Crippen LogP contribution in [0.1, 0.15) is 0 Å². The number of hydrogen-bond acceptors (Lipinski definition) is 6. The van der Waals surface area contributed by atoms with E-state index in [2.05, 4.69) is 77.8 Å². The van der Waals surface area contributed by atoms with Crippen LogP contribution in [0.4, 0.5) is 0 Å². The molecule has 6 heteroatoms. The first-order valence-corrected chi connectivity index (χ1v) is 15.8. The molecular formula is C42H24N4O2. The lowest BCUT2D eigenvalue weighted by atomic mass is 9.99. The first-order valence-electron chi connectivity index (χ1n) is 15.8. The van der Waals surface area contributed by atoms with Gasteiger partial charge >= 0.3 is 0 Å². The molecule has 0 saturated heterocycles. The SMILES string of the molecule is c1ccc(-c2nc(-c3ccccc3)nc(-c3cncc4oc5c(-c6cccc7c6oc6cc8ccccc8cc67)cccc5c34)n2)cc1. The maximum Gasteiger partial charge on any atom is 0.166 e. The zero-order valence-corrected chi connectivity index (χ0v) is 25.5. The van der Waals surface area contributed by atoms with Crippen LogP contribution in [0.25, 0.3) is 99.9 Å². The third-order valence-electron chi connectivity index (χ3n) is 9.00. The van der Waals surface area contributed by atoms with Gasteiger partial charge in [0.2, 0.25) is 0 Å². The summed E-state index contributed by atoms with van der Waals surface area (Å²) in [5.74, 6) is 1.71. The number of benzene rings is 6. The molecule has 0 aliphatic carbocycles. The van der Waals surface area contributed by atoms with Crippen LogP contribution >= 0.6 is 0 Å². The molecule has 0 fully saturated rings. The molecule has 224 valence electrons. The van der Waals surface area contributed by atoms with Crippen molar-refractivity contribution in [1.82, 2.24) is 19.9 Å². The molecule has 4 aromatic heterocycles. The summed E-state index contributed by atoms with van der Waals surface area (Å²) >= 11 is 0. The number of rotatable bonds is 4. The fraction of sp³-hybridized carbons (Fsp3) is 0. The zero-order valence-electron chi connectivity index (χ0n) is 25.5.